The highest BCUT2D eigenvalue weighted by atomic mass is 31.0. The Morgan fingerprint density at radius 1 is 1.47 bits per heavy atom. The normalized spacial score (nSPS) is 13.6. The summed E-state index contributed by atoms with van der Waals surface area (Å²) in [5.41, 5.74) is -0.428. The van der Waals surface area contributed by atoms with Crippen LogP contribution in [0.15, 0.2) is 35.2 Å². The molecule has 0 aromatic rings. The zero-order chi connectivity index (χ0) is 12.1. The highest BCUT2D eigenvalue weighted by Crippen LogP contribution is 2.26. The maximum Gasteiger partial charge on any atom is 0.412 e. The third kappa shape index (κ3) is 6.09. The monoisotopic (exact) mass is 233 g/mol. The average Bonchev–Trinajstić information content (AvgIpc) is 2.01. The minimum Gasteiger partial charge on any atom is -0.198 e. The number of alkyl halides is 3. The topological polar surface area (TPSA) is 23.8 Å². The molecule has 0 rings (SSSR count). The number of allylic oxidation sites excluding steroid dienone is 5. The van der Waals surface area contributed by atoms with E-state index in [2.05, 4.69) is 15.8 Å². The summed E-state index contributed by atoms with van der Waals surface area (Å²) in [4.78, 5) is 0. The molecule has 0 bridgehead atoms. The Balaban J connectivity index is 5.00. The molecule has 0 spiro atoms. The van der Waals surface area contributed by atoms with E-state index in [0.717, 1.165) is 13.0 Å². The van der Waals surface area contributed by atoms with Crippen molar-refractivity contribution < 1.29 is 13.2 Å². The zero-order valence-corrected chi connectivity index (χ0v) is 9.38. The number of nitrogens with zero attached hydrogens (tertiary/aromatic N) is 1. The van der Waals surface area contributed by atoms with Crippen LogP contribution in [0.25, 0.3) is 0 Å². The van der Waals surface area contributed by atoms with Crippen molar-refractivity contribution in [1.82, 2.24) is 0 Å². The summed E-state index contributed by atoms with van der Waals surface area (Å²) >= 11 is 0. The molecule has 82 valence electrons. The van der Waals surface area contributed by atoms with Crippen LogP contribution in [-0.2, 0) is 0 Å². The van der Waals surface area contributed by atoms with Gasteiger partial charge in [-0.1, -0.05) is 18.7 Å². The highest BCUT2D eigenvalue weighted by molar-refractivity contribution is 7.22. The van der Waals surface area contributed by atoms with Crippen molar-refractivity contribution >= 4 is 9.24 Å². The maximum absolute atomic E-state index is 12.2. The van der Waals surface area contributed by atoms with Crippen molar-refractivity contribution in [2.24, 2.45) is 0 Å². The van der Waals surface area contributed by atoms with E-state index < -0.39 is 11.7 Å². The molecule has 0 aliphatic carbocycles. The molecule has 0 heterocycles. The van der Waals surface area contributed by atoms with Gasteiger partial charge in [0.25, 0.3) is 0 Å². The van der Waals surface area contributed by atoms with E-state index in [4.69, 9.17) is 5.26 Å². The van der Waals surface area contributed by atoms with Crippen LogP contribution in [0, 0.1) is 11.3 Å². The molecule has 1 atom stereocenters. The Morgan fingerprint density at radius 2 is 2.00 bits per heavy atom. The second kappa shape index (κ2) is 5.72. The van der Waals surface area contributed by atoms with E-state index in [0.29, 0.717) is 10.9 Å². The summed E-state index contributed by atoms with van der Waals surface area (Å²) in [5.74, 6) is 0. The molecule has 0 amide bonds. The van der Waals surface area contributed by atoms with Crippen LogP contribution < -0.4 is 0 Å². The molecule has 0 radical (unpaired) electrons. The zero-order valence-electron chi connectivity index (χ0n) is 8.23. The molecule has 0 saturated heterocycles. The Kier molecular flexibility index (Phi) is 5.32. The fourth-order valence-electron chi connectivity index (χ4n) is 0.833. The van der Waals surface area contributed by atoms with Gasteiger partial charge in [-0.15, -0.1) is 9.24 Å². The van der Waals surface area contributed by atoms with Gasteiger partial charge < -0.3 is 0 Å². The predicted molar refractivity (Wildman–Crippen MR) is 57.0 cm³/mol. The Bertz CT molecular complexity index is 345. The fourth-order valence-corrected chi connectivity index (χ4v) is 1.05. The molecule has 1 unspecified atom stereocenters. The molecule has 5 heteroatoms. The van der Waals surface area contributed by atoms with Crippen molar-refractivity contribution in [1.29, 1.82) is 5.26 Å². The molecule has 0 saturated carbocycles. The molecule has 0 N–H and O–H groups in total. The smallest absolute Gasteiger partial charge is 0.198 e. The quantitative estimate of drug-likeness (QED) is 0.538. The largest absolute Gasteiger partial charge is 0.412 e. The van der Waals surface area contributed by atoms with Crippen LogP contribution in [0.4, 0.5) is 13.2 Å². The summed E-state index contributed by atoms with van der Waals surface area (Å²) in [5, 5.41) is 8.96. The molecular formula is C10H11F3NP. The summed E-state index contributed by atoms with van der Waals surface area (Å²) < 4.78 is 36.5. The molecule has 1 nitrogen and oxygen atoms in total. The van der Waals surface area contributed by atoms with Crippen molar-refractivity contribution in [3.8, 4) is 6.07 Å². The van der Waals surface area contributed by atoms with Crippen LogP contribution in [0.5, 0.6) is 0 Å². The Morgan fingerprint density at radius 3 is 2.33 bits per heavy atom. The molecule has 0 aliphatic heterocycles. The number of rotatable bonds is 3. The molecule has 0 aliphatic rings. The van der Waals surface area contributed by atoms with E-state index in [1.54, 1.807) is 6.07 Å². The van der Waals surface area contributed by atoms with Gasteiger partial charge in [-0.2, -0.15) is 18.4 Å². The number of hydrogen-bond acceptors (Lipinski definition) is 1. The number of nitriles is 1. The summed E-state index contributed by atoms with van der Waals surface area (Å²) in [6.07, 6.45) is -2.03. The van der Waals surface area contributed by atoms with Gasteiger partial charge in [-0.3, -0.25) is 0 Å². The second-order valence-electron chi connectivity index (χ2n) is 2.95. The fraction of sp³-hybridized carbons (Fsp3) is 0.300. The standard InChI is InChI=1S/C10H11F3NP/c1-7(10(11,12)13)5-9(3-4-14)6-8(2)15/h5-6H,2-3,15H2,1H3/b7-5+,9-6-. The maximum atomic E-state index is 12.2. The number of halogens is 3. The first-order valence-corrected chi connectivity index (χ1v) is 4.62. The predicted octanol–water partition coefficient (Wildman–Crippen LogP) is 3.72. The van der Waals surface area contributed by atoms with Crippen molar-refractivity contribution in [3.05, 3.63) is 35.2 Å². The van der Waals surface area contributed by atoms with Crippen LogP contribution in [0.3, 0.4) is 0 Å². The van der Waals surface area contributed by atoms with Gasteiger partial charge >= 0.3 is 6.18 Å². The molecule has 0 aromatic carbocycles. The second-order valence-corrected chi connectivity index (χ2v) is 3.70. The average molecular weight is 233 g/mol. The first-order valence-electron chi connectivity index (χ1n) is 4.04. The lowest BCUT2D eigenvalue weighted by atomic mass is 10.1. The summed E-state index contributed by atoms with van der Waals surface area (Å²) in [6.45, 7) is 4.48. The molecule has 15 heavy (non-hydrogen) atoms. The van der Waals surface area contributed by atoms with E-state index in [1.807, 2.05) is 0 Å². The third-order valence-electron chi connectivity index (χ3n) is 1.50. The SMILES string of the molecule is C=C(P)/C=C(\C=C(/C)C(F)(F)F)CC#N. The minimum atomic E-state index is -4.35. The van der Waals surface area contributed by atoms with Crippen LogP contribution >= 0.6 is 9.24 Å². The van der Waals surface area contributed by atoms with Crippen LogP contribution in [0.2, 0.25) is 0 Å². The minimum absolute atomic E-state index is 0.0686. The van der Waals surface area contributed by atoms with Gasteiger partial charge in [-0.25, -0.2) is 0 Å². The first kappa shape index (κ1) is 13.9. The lowest BCUT2D eigenvalue weighted by Gasteiger charge is -2.06. The van der Waals surface area contributed by atoms with Gasteiger partial charge in [0.15, 0.2) is 0 Å². The summed E-state index contributed by atoms with van der Waals surface area (Å²) in [7, 11) is 2.25. The van der Waals surface area contributed by atoms with Gasteiger partial charge in [-0.05, 0) is 17.8 Å². The van der Waals surface area contributed by atoms with E-state index in [-0.39, 0.29) is 6.42 Å². The Labute approximate surface area is 89.2 Å². The van der Waals surface area contributed by atoms with Crippen LogP contribution in [0.1, 0.15) is 13.3 Å². The van der Waals surface area contributed by atoms with Gasteiger partial charge in [0.2, 0.25) is 0 Å². The number of hydrogen-bond donors (Lipinski definition) is 0. The van der Waals surface area contributed by atoms with Crippen molar-refractivity contribution in [2.75, 3.05) is 0 Å². The molecule has 0 aromatic heterocycles. The van der Waals surface area contributed by atoms with Crippen LogP contribution in [-0.4, -0.2) is 6.18 Å². The van der Waals surface area contributed by atoms with Gasteiger partial charge in [0, 0.05) is 5.57 Å². The van der Waals surface area contributed by atoms with E-state index in [9.17, 15) is 13.2 Å². The van der Waals surface area contributed by atoms with Gasteiger partial charge in [0.05, 0.1) is 12.5 Å². The lowest BCUT2D eigenvalue weighted by molar-refractivity contribution is -0.0913. The molecule has 0 fully saturated rings. The Hall–Kier alpha value is -1.07. The lowest BCUT2D eigenvalue weighted by Crippen LogP contribution is -2.09. The first-order chi connectivity index (χ1) is 6.77. The summed E-state index contributed by atoms with van der Waals surface area (Å²) in [6, 6.07) is 1.80. The van der Waals surface area contributed by atoms with Crippen molar-refractivity contribution in [3.63, 3.8) is 0 Å². The third-order valence-corrected chi connectivity index (χ3v) is 1.67. The van der Waals surface area contributed by atoms with Crippen molar-refractivity contribution in [2.45, 2.75) is 19.5 Å². The van der Waals surface area contributed by atoms with Gasteiger partial charge in [0.1, 0.15) is 0 Å². The van der Waals surface area contributed by atoms with E-state index >= 15 is 0 Å². The van der Waals surface area contributed by atoms with E-state index in [1.165, 1.54) is 6.08 Å². The molecular weight excluding hydrogens is 222 g/mol. The highest BCUT2D eigenvalue weighted by Gasteiger charge is 2.29.